The predicted molar refractivity (Wildman–Crippen MR) is 100 cm³/mol. The molecular formula is C19H18N6O2. The minimum absolute atomic E-state index is 0.000525. The van der Waals surface area contributed by atoms with Gasteiger partial charge in [-0.25, -0.2) is 4.68 Å². The first-order valence-electron chi connectivity index (χ1n) is 8.55. The van der Waals surface area contributed by atoms with Crippen molar-refractivity contribution in [3.05, 3.63) is 53.9 Å². The lowest BCUT2D eigenvalue weighted by molar-refractivity contribution is -0.125. The van der Waals surface area contributed by atoms with Crippen LogP contribution in [0.15, 0.2) is 42.7 Å². The summed E-state index contributed by atoms with van der Waals surface area (Å²) in [4.78, 5) is 33.3. The van der Waals surface area contributed by atoms with E-state index in [1.54, 1.807) is 18.5 Å². The van der Waals surface area contributed by atoms with E-state index in [4.69, 9.17) is 0 Å². The van der Waals surface area contributed by atoms with Gasteiger partial charge in [0, 0.05) is 23.6 Å². The van der Waals surface area contributed by atoms with E-state index in [0.29, 0.717) is 17.1 Å². The number of pyridine rings is 1. The molecule has 1 aromatic carbocycles. The number of nitrogens with zero attached hydrogens (tertiary/aromatic N) is 4. The Labute approximate surface area is 155 Å². The maximum Gasteiger partial charge on any atom is 0.249 e. The molecule has 136 valence electrons. The summed E-state index contributed by atoms with van der Waals surface area (Å²) < 4.78 is 1.46. The van der Waals surface area contributed by atoms with Crippen LogP contribution in [0.4, 0.5) is 11.6 Å². The molecule has 3 aromatic rings. The summed E-state index contributed by atoms with van der Waals surface area (Å²) in [6.45, 7) is 3.93. The first-order chi connectivity index (χ1) is 13.0. The van der Waals surface area contributed by atoms with Gasteiger partial charge in [0.2, 0.25) is 17.8 Å². The Hall–Kier alpha value is -3.55. The second-order valence-corrected chi connectivity index (χ2v) is 6.58. The maximum absolute atomic E-state index is 12.9. The van der Waals surface area contributed by atoms with Gasteiger partial charge in [-0.2, -0.15) is 4.98 Å². The molecule has 0 spiro atoms. The largest absolute Gasteiger partial charge is 0.324 e. The predicted octanol–water partition coefficient (Wildman–Crippen LogP) is 2.48. The van der Waals surface area contributed by atoms with E-state index in [9.17, 15) is 9.59 Å². The van der Waals surface area contributed by atoms with Crippen molar-refractivity contribution < 1.29 is 9.59 Å². The molecule has 1 aliphatic heterocycles. The van der Waals surface area contributed by atoms with E-state index in [1.807, 2.05) is 38.1 Å². The van der Waals surface area contributed by atoms with Crippen LogP contribution in [0.25, 0.3) is 11.4 Å². The Balaban J connectivity index is 1.65. The number of benzene rings is 1. The van der Waals surface area contributed by atoms with Crippen molar-refractivity contribution in [3.63, 3.8) is 0 Å². The summed E-state index contributed by atoms with van der Waals surface area (Å²) in [5, 5.41) is 9.98. The molecule has 27 heavy (non-hydrogen) atoms. The SMILES string of the molecule is Cc1cc(C)cc(NC(=O)[C@H]2CC(=O)Nc3nc(-c4cccnc4)nn32)c1. The molecule has 8 heteroatoms. The van der Waals surface area contributed by atoms with E-state index >= 15 is 0 Å². The highest BCUT2D eigenvalue weighted by Gasteiger charge is 2.33. The van der Waals surface area contributed by atoms with Crippen molar-refractivity contribution in [2.75, 3.05) is 10.6 Å². The van der Waals surface area contributed by atoms with Crippen molar-refractivity contribution in [2.45, 2.75) is 26.3 Å². The molecule has 3 heterocycles. The number of fused-ring (bicyclic) bond motifs is 1. The third-order valence-corrected chi connectivity index (χ3v) is 4.27. The van der Waals surface area contributed by atoms with Gasteiger partial charge in [-0.15, -0.1) is 5.10 Å². The monoisotopic (exact) mass is 362 g/mol. The number of aromatic nitrogens is 4. The lowest BCUT2D eigenvalue weighted by Crippen LogP contribution is -2.36. The van der Waals surface area contributed by atoms with Crippen LogP contribution in [0.3, 0.4) is 0 Å². The number of hydrogen-bond acceptors (Lipinski definition) is 5. The van der Waals surface area contributed by atoms with Crippen LogP contribution in [-0.4, -0.2) is 31.6 Å². The molecule has 0 aliphatic carbocycles. The molecule has 0 unspecified atom stereocenters. The van der Waals surface area contributed by atoms with Crippen LogP contribution in [0.5, 0.6) is 0 Å². The zero-order chi connectivity index (χ0) is 19.0. The average molecular weight is 362 g/mol. The number of carbonyl (C=O) groups is 2. The summed E-state index contributed by atoms with van der Waals surface area (Å²) in [5.74, 6) is 0.0853. The average Bonchev–Trinajstić information content (AvgIpc) is 3.04. The Kier molecular flexibility index (Phi) is 4.15. The second-order valence-electron chi connectivity index (χ2n) is 6.58. The maximum atomic E-state index is 12.9. The lowest BCUT2D eigenvalue weighted by Gasteiger charge is -2.22. The standard InChI is InChI=1S/C19H18N6O2/c1-11-6-12(2)8-14(7-11)21-18(27)15-9-16(26)22-19-23-17(24-25(15)19)13-4-3-5-20-10-13/h3-8,10,15H,9H2,1-2H3,(H,21,27)(H,22,23,24,26)/t15-/m1/s1. The summed E-state index contributed by atoms with van der Waals surface area (Å²) in [7, 11) is 0. The van der Waals surface area contributed by atoms with E-state index in [1.165, 1.54) is 4.68 Å². The summed E-state index contributed by atoms with van der Waals surface area (Å²) in [6.07, 6.45) is 3.29. The Morgan fingerprint density at radius 3 is 2.74 bits per heavy atom. The summed E-state index contributed by atoms with van der Waals surface area (Å²) in [5.41, 5.74) is 3.50. The van der Waals surface area contributed by atoms with Gasteiger partial charge in [0.05, 0.1) is 6.42 Å². The molecule has 4 rings (SSSR count). The topological polar surface area (TPSA) is 102 Å². The van der Waals surface area contributed by atoms with Crippen LogP contribution in [0.2, 0.25) is 0 Å². The number of rotatable bonds is 3. The number of amides is 2. The summed E-state index contributed by atoms with van der Waals surface area (Å²) >= 11 is 0. The molecule has 2 amide bonds. The van der Waals surface area contributed by atoms with Gasteiger partial charge in [0.25, 0.3) is 0 Å². The highest BCUT2D eigenvalue weighted by Crippen LogP contribution is 2.27. The number of nitrogens with one attached hydrogen (secondary N) is 2. The van der Waals surface area contributed by atoms with Gasteiger partial charge < -0.3 is 5.32 Å². The van der Waals surface area contributed by atoms with Crippen molar-refractivity contribution in [3.8, 4) is 11.4 Å². The molecule has 1 aliphatic rings. The Morgan fingerprint density at radius 1 is 1.26 bits per heavy atom. The molecule has 2 aromatic heterocycles. The first-order valence-corrected chi connectivity index (χ1v) is 8.55. The molecule has 0 bridgehead atoms. The van der Waals surface area contributed by atoms with E-state index in [0.717, 1.165) is 11.1 Å². The molecular weight excluding hydrogens is 344 g/mol. The van der Waals surface area contributed by atoms with E-state index in [-0.39, 0.29) is 24.2 Å². The van der Waals surface area contributed by atoms with Crippen LogP contribution < -0.4 is 10.6 Å². The van der Waals surface area contributed by atoms with Crippen molar-refractivity contribution in [1.82, 2.24) is 19.7 Å². The molecule has 0 saturated carbocycles. The van der Waals surface area contributed by atoms with Gasteiger partial charge in [0.1, 0.15) is 6.04 Å². The highest BCUT2D eigenvalue weighted by atomic mass is 16.2. The highest BCUT2D eigenvalue weighted by molar-refractivity contribution is 6.00. The quantitative estimate of drug-likeness (QED) is 0.745. The van der Waals surface area contributed by atoms with Crippen LogP contribution >= 0.6 is 0 Å². The molecule has 2 N–H and O–H groups in total. The molecule has 0 saturated heterocycles. The lowest BCUT2D eigenvalue weighted by atomic mass is 10.1. The first kappa shape index (κ1) is 16.9. The van der Waals surface area contributed by atoms with Crippen molar-refractivity contribution in [1.29, 1.82) is 0 Å². The fraction of sp³-hybridized carbons (Fsp3) is 0.211. The zero-order valence-corrected chi connectivity index (χ0v) is 14.9. The van der Waals surface area contributed by atoms with E-state index < -0.39 is 6.04 Å². The minimum Gasteiger partial charge on any atom is -0.324 e. The third-order valence-electron chi connectivity index (χ3n) is 4.27. The fourth-order valence-electron chi connectivity index (χ4n) is 3.16. The second kappa shape index (κ2) is 6.64. The number of hydrogen-bond donors (Lipinski definition) is 2. The molecule has 8 nitrogen and oxygen atoms in total. The molecule has 0 radical (unpaired) electrons. The van der Waals surface area contributed by atoms with E-state index in [2.05, 4.69) is 25.7 Å². The Bertz CT molecular complexity index is 1010. The van der Waals surface area contributed by atoms with Crippen LogP contribution in [0, 0.1) is 13.8 Å². The molecule has 0 fully saturated rings. The van der Waals surface area contributed by atoms with Gasteiger partial charge >= 0.3 is 0 Å². The minimum atomic E-state index is -0.771. The third kappa shape index (κ3) is 3.41. The van der Waals surface area contributed by atoms with Gasteiger partial charge in [-0.3, -0.25) is 19.9 Å². The van der Waals surface area contributed by atoms with Gasteiger partial charge in [0.15, 0.2) is 5.82 Å². The van der Waals surface area contributed by atoms with Gasteiger partial charge in [-0.1, -0.05) is 6.07 Å². The summed E-state index contributed by atoms with van der Waals surface area (Å²) in [6, 6.07) is 8.62. The fourth-order valence-corrected chi connectivity index (χ4v) is 3.16. The van der Waals surface area contributed by atoms with Crippen LogP contribution in [0.1, 0.15) is 23.6 Å². The van der Waals surface area contributed by atoms with Crippen molar-refractivity contribution >= 4 is 23.5 Å². The smallest absolute Gasteiger partial charge is 0.249 e. The number of carbonyl (C=O) groups excluding carboxylic acids is 2. The zero-order valence-electron chi connectivity index (χ0n) is 14.9. The number of anilines is 2. The van der Waals surface area contributed by atoms with Crippen LogP contribution in [-0.2, 0) is 9.59 Å². The van der Waals surface area contributed by atoms with Crippen molar-refractivity contribution in [2.24, 2.45) is 0 Å². The normalized spacial score (nSPS) is 15.8. The van der Waals surface area contributed by atoms with Gasteiger partial charge in [-0.05, 0) is 49.2 Å². The Morgan fingerprint density at radius 2 is 2.04 bits per heavy atom. The molecule has 1 atom stereocenters. The number of aryl methyl sites for hydroxylation is 2.